The first kappa shape index (κ1) is 52.9. The number of esters is 2. The number of hydrogen-bond donors (Lipinski definition) is 0. The third-order valence-electron chi connectivity index (χ3n) is 11.4. The summed E-state index contributed by atoms with van der Waals surface area (Å²) in [7, 11) is 0. The fourth-order valence-electron chi connectivity index (χ4n) is 7.84. The van der Waals surface area contributed by atoms with Crippen LogP contribution in [0.4, 0.5) is 0 Å². The molecule has 0 aliphatic heterocycles. The lowest BCUT2D eigenvalue weighted by Gasteiger charge is -2.21. The van der Waals surface area contributed by atoms with Gasteiger partial charge >= 0.3 is 11.9 Å². The molecular weight excluding hydrogens is 667 g/mol. The van der Waals surface area contributed by atoms with Crippen molar-refractivity contribution in [3.05, 3.63) is 0 Å². The standard InChI is InChI=1S/C49H97NO4/c1-6-11-15-29-37-46(38-30-16-12-7-2)53-48(51)41-33-25-21-19-23-27-35-44-50(43-10-5)45-36-28-24-20-22-26-34-42-49(52)54-47(39-31-17-13-8-3)40-32-18-14-9-4/h46-47H,6-45H2,1-5H3. The molecule has 0 aromatic rings. The molecular formula is C49H97NO4. The third-order valence-corrected chi connectivity index (χ3v) is 11.4. The van der Waals surface area contributed by atoms with Gasteiger partial charge in [0, 0.05) is 12.8 Å². The molecule has 0 rings (SSSR count). The SMILES string of the molecule is CCCCCCC(CCCCCC)OC(=O)CCCCCCCCCN(CCC)CCCCCCCCCC(=O)OC(CCCCCC)CCCCCC. The molecule has 0 aliphatic rings. The van der Waals surface area contributed by atoms with E-state index in [4.69, 9.17) is 9.47 Å². The van der Waals surface area contributed by atoms with Gasteiger partial charge in [-0.1, -0.05) is 176 Å². The Kier molecular flexibility index (Phi) is 42.2. The van der Waals surface area contributed by atoms with E-state index in [9.17, 15) is 9.59 Å². The minimum Gasteiger partial charge on any atom is -0.462 e. The fourth-order valence-corrected chi connectivity index (χ4v) is 7.84. The second-order valence-electron chi connectivity index (χ2n) is 16.9. The van der Waals surface area contributed by atoms with Gasteiger partial charge in [-0.05, 0) is 103 Å². The highest BCUT2D eigenvalue weighted by atomic mass is 16.5. The lowest BCUT2D eigenvalue weighted by Crippen LogP contribution is -2.27. The van der Waals surface area contributed by atoms with Crippen LogP contribution in [-0.4, -0.2) is 48.7 Å². The van der Waals surface area contributed by atoms with E-state index in [1.807, 2.05) is 0 Å². The van der Waals surface area contributed by atoms with Crippen molar-refractivity contribution < 1.29 is 19.1 Å². The maximum atomic E-state index is 12.6. The van der Waals surface area contributed by atoms with Crippen LogP contribution in [0.2, 0.25) is 0 Å². The van der Waals surface area contributed by atoms with Gasteiger partial charge in [0.2, 0.25) is 0 Å². The van der Waals surface area contributed by atoms with E-state index in [-0.39, 0.29) is 24.1 Å². The van der Waals surface area contributed by atoms with Gasteiger partial charge in [0.25, 0.3) is 0 Å². The van der Waals surface area contributed by atoms with Crippen molar-refractivity contribution in [2.24, 2.45) is 0 Å². The fraction of sp³-hybridized carbons (Fsp3) is 0.959. The molecule has 0 saturated heterocycles. The molecule has 5 nitrogen and oxygen atoms in total. The van der Waals surface area contributed by atoms with Crippen LogP contribution in [0.15, 0.2) is 0 Å². The van der Waals surface area contributed by atoms with Crippen molar-refractivity contribution >= 4 is 11.9 Å². The predicted molar refractivity (Wildman–Crippen MR) is 235 cm³/mol. The Morgan fingerprint density at radius 1 is 0.333 bits per heavy atom. The number of nitrogens with zero attached hydrogens (tertiary/aromatic N) is 1. The summed E-state index contributed by atoms with van der Waals surface area (Å²) in [5.74, 6) is 0.0849. The molecule has 0 amide bonds. The molecule has 0 aromatic heterocycles. The van der Waals surface area contributed by atoms with Gasteiger partial charge in [0.15, 0.2) is 0 Å². The molecule has 5 heteroatoms. The van der Waals surface area contributed by atoms with Crippen LogP contribution in [0.5, 0.6) is 0 Å². The van der Waals surface area contributed by atoms with Gasteiger partial charge in [0.05, 0.1) is 0 Å². The zero-order valence-electron chi connectivity index (χ0n) is 37.5. The first-order valence-electron chi connectivity index (χ1n) is 24.6. The number of hydrogen-bond acceptors (Lipinski definition) is 5. The van der Waals surface area contributed by atoms with Crippen LogP contribution in [0, 0.1) is 0 Å². The Morgan fingerprint density at radius 3 is 0.907 bits per heavy atom. The van der Waals surface area contributed by atoms with Crippen LogP contribution in [0.3, 0.4) is 0 Å². The first-order chi connectivity index (χ1) is 26.5. The van der Waals surface area contributed by atoms with E-state index in [0.717, 1.165) is 51.4 Å². The average Bonchev–Trinajstić information content (AvgIpc) is 3.16. The number of ether oxygens (including phenoxy) is 2. The monoisotopic (exact) mass is 764 g/mol. The normalized spacial score (nSPS) is 11.7. The summed E-state index contributed by atoms with van der Waals surface area (Å²) in [4.78, 5) is 27.8. The maximum Gasteiger partial charge on any atom is 0.306 e. The molecule has 0 unspecified atom stereocenters. The second-order valence-corrected chi connectivity index (χ2v) is 16.9. The molecule has 54 heavy (non-hydrogen) atoms. The molecule has 322 valence electrons. The number of carbonyl (C=O) groups excluding carboxylic acids is 2. The molecule has 0 heterocycles. The van der Waals surface area contributed by atoms with E-state index in [0.29, 0.717) is 12.8 Å². The van der Waals surface area contributed by atoms with E-state index in [2.05, 4.69) is 39.5 Å². The minimum absolute atomic E-state index is 0.0424. The van der Waals surface area contributed by atoms with Crippen LogP contribution in [0.25, 0.3) is 0 Å². The van der Waals surface area contributed by atoms with Crippen LogP contribution >= 0.6 is 0 Å². The number of unbranched alkanes of at least 4 members (excludes halogenated alkanes) is 24. The van der Waals surface area contributed by atoms with Gasteiger partial charge in [-0.25, -0.2) is 0 Å². The van der Waals surface area contributed by atoms with Crippen LogP contribution < -0.4 is 0 Å². The van der Waals surface area contributed by atoms with Crippen molar-refractivity contribution in [1.82, 2.24) is 4.90 Å². The molecule has 0 bridgehead atoms. The molecule has 0 atom stereocenters. The van der Waals surface area contributed by atoms with Crippen molar-refractivity contribution in [2.45, 2.75) is 284 Å². The quantitative estimate of drug-likeness (QED) is 0.0457. The molecule has 0 aromatic carbocycles. The summed E-state index contributed by atoms with van der Waals surface area (Å²) in [6, 6.07) is 0. The molecule has 0 aliphatic carbocycles. The van der Waals surface area contributed by atoms with E-state index < -0.39 is 0 Å². The summed E-state index contributed by atoms with van der Waals surface area (Å²) in [5.41, 5.74) is 0. The van der Waals surface area contributed by atoms with Gasteiger partial charge < -0.3 is 14.4 Å². The summed E-state index contributed by atoms with van der Waals surface area (Å²) < 4.78 is 11.9. The summed E-state index contributed by atoms with van der Waals surface area (Å²) >= 11 is 0. The molecule has 0 saturated carbocycles. The van der Waals surface area contributed by atoms with Gasteiger partial charge in [-0.3, -0.25) is 9.59 Å². The predicted octanol–water partition coefficient (Wildman–Crippen LogP) is 15.6. The van der Waals surface area contributed by atoms with Gasteiger partial charge in [-0.2, -0.15) is 0 Å². The van der Waals surface area contributed by atoms with E-state index in [1.54, 1.807) is 0 Å². The Labute approximate surface area is 339 Å². The first-order valence-corrected chi connectivity index (χ1v) is 24.6. The largest absolute Gasteiger partial charge is 0.462 e. The summed E-state index contributed by atoms with van der Waals surface area (Å²) in [6.45, 7) is 15.0. The summed E-state index contributed by atoms with van der Waals surface area (Å²) in [6.07, 6.45) is 44.2. The lowest BCUT2D eigenvalue weighted by atomic mass is 10.0. The number of carbonyl (C=O) groups is 2. The maximum absolute atomic E-state index is 12.6. The molecule has 0 fully saturated rings. The molecule has 0 N–H and O–H groups in total. The second kappa shape index (κ2) is 43.0. The van der Waals surface area contributed by atoms with Gasteiger partial charge in [-0.15, -0.1) is 0 Å². The zero-order valence-corrected chi connectivity index (χ0v) is 37.5. The highest BCUT2D eigenvalue weighted by Crippen LogP contribution is 2.19. The Balaban J connectivity index is 3.94. The highest BCUT2D eigenvalue weighted by Gasteiger charge is 2.15. The van der Waals surface area contributed by atoms with E-state index >= 15 is 0 Å². The topological polar surface area (TPSA) is 55.8 Å². The Morgan fingerprint density at radius 2 is 0.611 bits per heavy atom. The van der Waals surface area contributed by atoms with Crippen molar-refractivity contribution in [3.63, 3.8) is 0 Å². The zero-order chi connectivity index (χ0) is 39.6. The number of rotatable bonds is 44. The molecule has 0 spiro atoms. The minimum atomic E-state index is 0.0424. The average molecular weight is 764 g/mol. The summed E-state index contributed by atoms with van der Waals surface area (Å²) in [5, 5.41) is 0. The smallest absolute Gasteiger partial charge is 0.306 e. The Bertz CT molecular complexity index is 689. The highest BCUT2D eigenvalue weighted by molar-refractivity contribution is 5.69. The Hall–Kier alpha value is -1.10. The third kappa shape index (κ3) is 37.8. The van der Waals surface area contributed by atoms with Crippen LogP contribution in [0.1, 0.15) is 272 Å². The van der Waals surface area contributed by atoms with Gasteiger partial charge in [0.1, 0.15) is 12.2 Å². The van der Waals surface area contributed by atoms with Crippen LogP contribution in [-0.2, 0) is 19.1 Å². The molecule has 0 radical (unpaired) electrons. The van der Waals surface area contributed by atoms with Crippen molar-refractivity contribution in [2.75, 3.05) is 19.6 Å². The van der Waals surface area contributed by atoms with Crippen molar-refractivity contribution in [3.8, 4) is 0 Å². The van der Waals surface area contributed by atoms with E-state index in [1.165, 1.54) is 193 Å². The van der Waals surface area contributed by atoms with Crippen molar-refractivity contribution in [1.29, 1.82) is 0 Å². The lowest BCUT2D eigenvalue weighted by molar-refractivity contribution is -0.151.